The van der Waals surface area contributed by atoms with Gasteiger partial charge in [-0.15, -0.1) is 0 Å². The fourth-order valence-corrected chi connectivity index (χ4v) is 4.91. The van der Waals surface area contributed by atoms with Crippen LogP contribution >= 0.6 is 23.4 Å². The highest BCUT2D eigenvalue weighted by molar-refractivity contribution is 8.05. The minimum atomic E-state index is -0.755. The number of carbonyl (C=O) groups excluding carboxylic acids is 2. The maximum absolute atomic E-state index is 13.5. The molecule has 0 spiro atoms. The molecule has 3 aromatic carbocycles. The summed E-state index contributed by atoms with van der Waals surface area (Å²) in [7, 11) is 0. The van der Waals surface area contributed by atoms with Crippen molar-refractivity contribution in [2.75, 3.05) is 10.2 Å². The van der Waals surface area contributed by atoms with Gasteiger partial charge in [-0.3, -0.25) is 14.5 Å². The molecule has 1 N–H and O–H groups in total. The first kappa shape index (κ1) is 23.5. The first-order valence-corrected chi connectivity index (χ1v) is 11.3. The second kappa shape index (κ2) is 10.1. The number of thioether (sulfide) groups is 1. The van der Waals surface area contributed by atoms with Crippen LogP contribution in [0.1, 0.15) is 5.56 Å². The van der Waals surface area contributed by atoms with Crippen LogP contribution in [0.2, 0.25) is 5.02 Å². The van der Waals surface area contributed by atoms with Crippen LogP contribution < -0.4 is 10.2 Å². The Morgan fingerprint density at radius 2 is 1.65 bits per heavy atom. The third kappa shape index (κ3) is 4.96. The second-order valence-corrected chi connectivity index (χ2v) is 8.90. The average molecular weight is 496 g/mol. The summed E-state index contributed by atoms with van der Waals surface area (Å²) in [6.45, 7) is 0. The number of halogens is 3. The topological polar surface area (TPSA) is 73.2 Å². The summed E-state index contributed by atoms with van der Waals surface area (Å²) in [4.78, 5) is 27.6. The van der Waals surface area contributed by atoms with Crippen molar-refractivity contribution in [3.8, 4) is 6.07 Å². The maximum Gasteiger partial charge on any atom is 0.269 e. The molecule has 1 saturated heterocycles. The molecule has 1 heterocycles. The Bertz CT molecular complexity index is 1320. The van der Waals surface area contributed by atoms with Gasteiger partial charge in [-0.1, -0.05) is 41.6 Å². The van der Waals surface area contributed by atoms with E-state index in [0.717, 1.165) is 17.3 Å². The van der Waals surface area contributed by atoms with Gasteiger partial charge in [-0.2, -0.15) is 5.26 Å². The van der Waals surface area contributed by atoms with Crippen LogP contribution in [0.15, 0.2) is 83.4 Å². The highest BCUT2D eigenvalue weighted by Gasteiger charge is 2.41. The second-order valence-electron chi connectivity index (χ2n) is 7.31. The van der Waals surface area contributed by atoms with E-state index in [9.17, 15) is 23.6 Å². The van der Waals surface area contributed by atoms with Crippen molar-refractivity contribution in [3.63, 3.8) is 0 Å². The zero-order valence-corrected chi connectivity index (χ0v) is 19.0. The molecule has 0 aliphatic carbocycles. The van der Waals surface area contributed by atoms with Crippen molar-refractivity contribution in [1.29, 1.82) is 5.26 Å². The largest absolute Gasteiger partial charge is 0.321 e. The number of hydrogen-bond acceptors (Lipinski definition) is 4. The predicted octanol–water partition coefficient (Wildman–Crippen LogP) is 5.68. The standard InChI is InChI=1S/C25H16ClF2N3O2S/c26-21-4-2-1-3-15(21)13-22-24(33)31(19-11-7-17(28)8-12-19)25(34-22)20(14-29)23(32)30-18-9-5-16(27)6-10-18/h1-12,22H,13H2,(H,30,32)/b25-20+/t22-/m1/s1. The summed E-state index contributed by atoms with van der Waals surface area (Å²) in [5.74, 6) is -2.08. The van der Waals surface area contributed by atoms with Gasteiger partial charge in [-0.05, 0) is 66.6 Å². The number of carbonyl (C=O) groups is 2. The molecular formula is C25H16ClF2N3O2S. The number of nitrogens with zero attached hydrogens (tertiary/aromatic N) is 2. The maximum atomic E-state index is 13.5. The van der Waals surface area contributed by atoms with Crippen LogP contribution in [-0.4, -0.2) is 17.1 Å². The molecule has 170 valence electrons. The van der Waals surface area contributed by atoms with E-state index in [4.69, 9.17) is 11.6 Å². The molecule has 3 aromatic rings. The molecule has 0 saturated carbocycles. The van der Waals surface area contributed by atoms with Gasteiger partial charge < -0.3 is 5.32 Å². The lowest BCUT2D eigenvalue weighted by molar-refractivity contribution is -0.117. The van der Waals surface area contributed by atoms with Crippen molar-refractivity contribution < 1.29 is 18.4 Å². The molecular weight excluding hydrogens is 480 g/mol. The van der Waals surface area contributed by atoms with E-state index in [1.807, 2.05) is 6.07 Å². The summed E-state index contributed by atoms with van der Waals surface area (Å²) in [5, 5.41) is 12.3. The smallest absolute Gasteiger partial charge is 0.269 e. The number of amides is 2. The van der Waals surface area contributed by atoms with Crippen molar-refractivity contribution in [1.82, 2.24) is 0 Å². The lowest BCUT2D eigenvalue weighted by atomic mass is 10.1. The molecule has 0 radical (unpaired) electrons. The minimum Gasteiger partial charge on any atom is -0.321 e. The SMILES string of the molecule is N#C/C(C(=O)Nc1ccc(F)cc1)=C1\S[C@H](Cc2ccccc2Cl)C(=O)N1c1ccc(F)cc1. The molecule has 1 aliphatic heterocycles. The van der Waals surface area contributed by atoms with Crippen molar-refractivity contribution in [2.45, 2.75) is 11.7 Å². The number of nitrogens with one attached hydrogen (secondary N) is 1. The van der Waals surface area contributed by atoms with E-state index >= 15 is 0 Å². The fraction of sp³-hybridized carbons (Fsp3) is 0.0800. The predicted molar refractivity (Wildman–Crippen MR) is 128 cm³/mol. The lowest BCUT2D eigenvalue weighted by Gasteiger charge is -2.18. The Morgan fingerprint density at radius 3 is 2.26 bits per heavy atom. The monoisotopic (exact) mass is 495 g/mol. The highest BCUT2D eigenvalue weighted by Crippen LogP contribution is 2.42. The Labute approximate surface area is 203 Å². The first-order valence-electron chi connectivity index (χ1n) is 10.1. The highest BCUT2D eigenvalue weighted by atomic mass is 35.5. The van der Waals surface area contributed by atoms with Gasteiger partial charge in [0.25, 0.3) is 5.91 Å². The molecule has 0 unspecified atom stereocenters. The molecule has 34 heavy (non-hydrogen) atoms. The molecule has 1 atom stereocenters. The Balaban J connectivity index is 1.73. The Morgan fingerprint density at radius 1 is 1.03 bits per heavy atom. The van der Waals surface area contributed by atoms with Gasteiger partial charge >= 0.3 is 0 Å². The van der Waals surface area contributed by atoms with Gasteiger partial charge in [0.1, 0.15) is 28.3 Å². The van der Waals surface area contributed by atoms with Crippen LogP contribution in [0.5, 0.6) is 0 Å². The number of benzene rings is 3. The zero-order valence-electron chi connectivity index (χ0n) is 17.5. The summed E-state index contributed by atoms with van der Waals surface area (Å²) in [6, 6.07) is 19.2. The van der Waals surface area contributed by atoms with E-state index in [2.05, 4.69) is 5.32 Å². The molecule has 0 aromatic heterocycles. The van der Waals surface area contributed by atoms with Gasteiger partial charge in [0.05, 0.1) is 5.25 Å². The molecule has 5 nitrogen and oxygen atoms in total. The molecule has 1 fully saturated rings. The summed E-state index contributed by atoms with van der Waals surface area (Å²) < 4.78 is 26.7. The molecule has 4 rings (SSSR count). The summed E-state index contributed by atoms with van der Waals surface area (Å²) in [6.07, 6.45) is 0.267. The van der Waals surface area contributed by atoms with Crippen LogP contribution in [-0.2, 0) is 16.0 Å². The number of hydrogen-bond donors (Lipinski definition) is 1. The zero-order chi connectivity index (χ0) is 24.2. The minimum absolute atomic E-state index is 0.121. The van der Waals surface area contributed by atoms with Crippen LogP contribution in [0, 0.1) is 23.0 Å². The van der Waals surface area contributed by atoms with Crippen LogP contribution in [0.3, 0.4) is 0 Å². The van der Waals surface area contributed by atoms with Crippen LogP contribution in [0.25, 0.3) is 0 Å². The summed E-state index contributed by atoms with van der Waals surface area (Å²) >= 11 is 7.33. The van der Waals surface area contributed by atoms with Crippen LogP contribution in [0.4, 0.5) is 20.2 Å². The van der Waals surface area contributed by atoms with E-state index in [-0.39, 0.29) is 28.6 Å². The first-order chi connectivity index (χ1) is 16.4. The third-order valence-electron chi connectivity index (χ3n) is 5.06. The van der Waals surface area contributed by atoms with Crippen molar-refractivity contribution >= 4 is 46.6 Å². The number of rotatable bonds is 5. The Hall–Kier alpha value is -3.67. The molecule has 0 bridgehead atoms. The fourth-order valence-electron chi connectivity index (χ4n) is 3.40. The lowest BCUT2D eigenvalue weighted by Crippen LogP contribution is -2.31. The normalized spacial score (nSPS) is 16.8. The van der Waals surface area contributed by atoms with Crippen molar-refractivity contribution in [2.24, 2.45) is 0 Å². The van der Waals surface area contributed by atoms with Gasteiger partial charge in [0, 0.05) is 16.4 Å². The molecule has 2 amide bonds. The molecule has 9 heteroatoms. The summed E-state index contributed by atoms with van der Waals surface area (Å²) in [5.41, 5.74) is 1.05. The number of anilines is 2. The average Bonchev–Trinajstić information content (AvgIpc) is 3.13. The van der Waals surface area contributed by atoms with Gasteiger partial charge in [-0.25, -0.2) is 8.78 Å². The Kier molecular flexibility index (Phi) is 6.96. The number of nitriles is 1. The van der Waals surface area contributed by atoms with Gasteiger partial charge in [0.2, 0.25) is 5.91 Å². The van der Waals surface area contributed by atoms with Crippen molar-refractivity contribution in [3.05, 3.63) is 106 Å². The quantitative estimate of drug-likeness (QED) is 0.365. The third-order valence-corrected chi connectivity index (χ3v) is 6.69. The van der Waals surface area contributed by atoms with E-state index in [0.29, 0.717) is 10.7 Å². The van der Waals surface area contributed by atoms with E-state index in [1.54, 1.807) is 24.3 Å². The van der Waals surface area contributed by atoms with E-state index in [1.165, 1.54) is 53.4 Å². The van der Waals surface area contributed by atoms with E-state index < -0.39 is 22.8 Å². The molecule has 1 aliphatic rings. The van der Waals surface area contributed by atoms with Gasteiger partial charge in [0.15, 0.2) is 0 Å².